The van der Waals surface area contributed by atoms with Crippen LogP contribution in [0.4, 0.5) is 0 Å². The number of hydrogen-bond donors (Lipinski definition) is 3. The van der Waals surface area contributed by atoms with Crippen molar-refractivity contribution in [3.63, 3.8) is 0 Å². The van der Waals surface area contributed by atoms with E-state index in [1.165, 1.54) is 11.8 Å². The molecule has 1 fully saturated rings. The maximum absolute atomic E-state index is 11.8. The van der Waals surface area contributed by atoms with Crippen LogP contribution in [0.15, 0.2) is 11.3 Å². The molecule has 2 aliphatic heterocycles. The number of rotatable bonds is 5. The Bertz CT molecular complexity index is 548. The lowest BCUT2D eigenvalue weighted by Gasteiger charge is -2.48. The van der Waals surface area contributed by atoms with Crippen LogP contribution in [-0.2, 0) is 23.9 Å². The summed E-state index contributed by atoms with van der Waals surface area (Å²) in [6.45, 7) is 1.13. The normalized spacial score (nSPS) is 25.6. The van der Waals surface area contributed by atoms with Gasteiger partial charge in [0, 0.05) is 18.2 Å². The molecule has 1 unspecified atom stereocenters. The van der Waals surface area contributed by atoms with Gasteiger partial charge in [0.25, 0.3) is 0 Å². The summed E-state index contributed by atoms with van der Waals surface area (Å²) in [5, 5.41) is 11.1. The first-order chi connectivity index (χ1) is 9.88. The highest BCUT2D eigenvalue weighted by Crippen LogP contribution is 2.40. The number of thioether (sulfide) groups is 1. The number of nitrogens with one attached hydrogen (secondary N) is 1. The molecule has 2 amide bonds. The van der Waals surface area contributed by atoms with Crippen molar-refractivity contribution in [2.24, 2.45) is 5.73 Å². The Kier molecular flexibility index (Phi) is 4.19. The number of β-lactam (4-membered cyclic amide) rings is 1. The highest BCUT2D eigenvalue weighted by atomic mass is 32.2. The van der Waals surface area contributed by atoms with E-state index in [9.17, 15) is 24.3 Å². The van der Waals surface area contributed by atoms with Crippen molar-refractivity contribution in [1.82, 2.24) is 10.2 Å². The van der Waals surface area contributed by atoms with Gasteiger partial charge >= 0.3 is 11.9 Å². The molecule has 0 aromatic heterocycles. The first kappa shape index (κ1) is 15.3. The van der Waals surface area contributed by atoms with Gasteiger partial charge in [-0.3, -0.25) is 19.3 Å². The molecular formula is C11H13N3O6S. The molecular weight excluding hydrogens is 302 g/mol. The molecule has 2 aliphatic rings. The molecule has 1 saturated heterocycles. The van der Waals surface area contributed by atoms with Crippen LogP contribution in [0.2, 0.25) is 0 Å². The van der Waals surface area contributed by atoms with Crippen LogP contribution in [0.3, 0.4) is 0 Å². The minimum atomic E-state index is -1.35. The number of aliphatic carboxylic acids is 1. The first-order valence-corrected chi connectivity index (χ1v) is 6.96. The van der Waals surface area contributed by atoms with Crippen LogP contribution in [0, 0.1) is 0 Å². The molecule has 0 aromatic rings. The smallest absolute Gasteiger partial charge is 0.352 e. The van der Waals surface area contributed by atoms with Crippen molar-refractivity contribution in [3.05, 3.63) is 11.3 Å². The average Bonchev–Trinajstić information content (AvgIpc) is 2.43. The topological polar surface area (TPSA) is 139 Å². The second-order valence-electron chi connectivity index (χ2n) is 4.39. The molecule has 0 bridgehead atoms. The van der Waals surface area contributed by atoms with Crippen LogP contribution < -0.4 is 11.1 Å². The number of nitrogens with two attached hydrogens (primary N) is 1. The Morgan fingerprint density at radius 1 is 1.62 bits per heavy atom. The fraction of sp³-hybridized carbons (Fsp3) is 0.455. The van der Waals surface area contributed by atoms with Gasteiger partial charge < -0.3 is 20.9 Å². The molecule has 0 aliphatic carbocycles. The number of amides is 2. The summed E-state index contributed by atoms with van der Waals surface area (Å²) in [6.07, 6.45) is -0.940. The Morgan fingerprint density at radius 2 is 2.29 bits per heavy atom. The van der Waals surface area contributed by atoms with Crippen molar-refractivity contribution < 1.29 is 29.0 Å². The molecule has 2 rings (SSSR count). The summed E-state index contributed by atoms with van der Waals surface area (Å²) >= 11 is 1.25. The summed E-state index contributed by atoms with van der Waals surface area (Å²) in [6, 6.07) is -0.753. The monoisotopic (exact) mass is 315 g/mol. The molecule has 0 radical (unpaired) electrons. The lowest BCUT2D eigenvalue weighted by molar-refractivity contribution is -0.149. The molecule has 9 nitrogen and oxygen atoms in total. The molecule has 4 N–H and O–H groups in total. The van der Waals surface area contributed by atoms with E-state index in [1.807, 2.05) is 0 Å². The van der Waals surface area contributed by atoms with E-state index < -0.39 is 35.5 Å². The van der Waals surface area contributed by atoms with Gasteiger partial charge in [0.1, 0.15) is 17.1 Å². The largest absolute Gasteiger partial charge is 0.477 e. The summed E-state index contributed by atoms with van der Waals surface area (Å²) < 4.78 is 4.90. The Morgan fingerprint density at radius 3 is 2.81 bits per heavy atom. The van der Waals surface area contributed by atoms with E-state index in [4.69, 9.17) is 10.5 Å². The summed E-state index contributed by atoms with van der Waals surface area (Å²) in [7, 11) is 0. The molecule has 3 atom stereocenters. The van der Waals surface area contributed by atoms with E-state index in [1.54, 1.807) is 0 Å². The predicted molar refractivity (Wildman–Crippen MR) is 70.5 cm³/mol. The number of esters is 1. The zero-order chi connectivity index (χ0) is 15.7. The lowest BCUT2D eigenvalue weighted by atomic mass is 10.0. The number of ether oxygens (including phenoxy) is 1. The summed E-state index contributed by atoms with van der Waals surface area (Å²) in [4.78, 5) is 45.9. The van der Waals surface area contributed by atoms with Gasteiger partial charge in [0.15, 0.2) is 0 Å². The lowest BCUT2D eigenvalue weighted by Crippen LogP contribution is -2.69. The van der Waals surface area contributed by atoms with Crippen molar-refractivity contribution >= 4 is 36.0 Å². The third-order valence-corrected chi connectivity index (χ3v) is 4.38. The van der Waals surface area contributed by atoms with E-state index in [2.05, 4.69) is 5.32 Å². The fourth-order valence-corrected chi connectivity index (χ4v) is 3.49. The van der Waals surface area contributed by atoms with Crippen molar-refractivity contribution in [3.8, 4) is 0 Å². The van der Waals surface area contributed by atoms with Gasteiger partial charge in [0.2, 0.25) is 18.5 Å². The number of carbonyl (C=O) groups is 4. The molecule has 0 aromatic carbocycles. The highest BCUT2D eigenvalue weighted by molar-refractivity contribution is 8.00. The molecule has 0 spiro atoms. The Labute approximate surface area is 123 Å². The van der Waals surface area contributed by atoms with E-state index in [0.29, 0.717) is 6.41 Å². The quantitative estimate of drug-likeness (QED) is 0.234. The van der Waals surface area contributed by atoms with Crippen LogP contribution in [-0.4, -0.2) is 57.7 Å². The summed E-state index contributed by atoms with van der Waals surface area (Å²) in [5.74, 6) is -2.39. The van der Waals surface area contributed by atoms with Crippen molar-refractivity contribution in [1.29, 1.82) is 0 Å². The van der Waals surface area contributed by atoms with E-state index in [-0.39, 0.29) is 17.0 Å². The number of nitrogens with zero attached hydrogens (tertiary/aromatic N) is 1. The van der Waals surface area contributed by atoms with Crippen LogP contribution >= 0.6 is 11.8 Å². The third-order valence-electron chi connectivity index (χ3n) is 3.06. The van der Waals surface area contributed by atoms with Crippen LogP contribution in [0.25, 0.3) is 0 Å². The molecule has 21 heavy (non-hydrogen) atoms. The summed E-state index contributed by atoms with van der Waals surface area (Å²) in [5.41, 5.74) is 5.45. The number of carboxylic acid groups (broad SMARTS) is 1. The van der Waals surface area contributed by atoms with Gasteiger partial charge in [-0.05, 0) is 0 Å². The average molecular weight is 315 g/mol. The minimum Gasteiger partial charge on any atom is -0.477 e. The zero-order valence-corrected chi connectivity index (χ0v) is 11.8. The van der Waals surface area contributed by atoms with Crippen LogP contribution in [0.1, 0.15) is 6.92 Å². The standard InChI is InChI=1S/C11H13N3O6S/c1-4(16)20-8(13-3-15)5-2-21-10-6(12)9(17)14(10)7(5)11(18)19/h3,6,8,10H,2,12H2,1H3,(H,13,15)(H,18,19)/t6-,8?,10+/m0/s1. The number of hydrogen-bond acceptors (Lipinski definition) is 7. The van der Waals surface area contributed by atoms with Gasteiger partial charge in [-0.2, -0.15) is 0 Å². The molecule has 114 valence electrons. The van der Waals surface area contributed by atoms with E-state index >= 15 is 0 Å². The number of carbonyl (C=O) groups excluding carboxylic acids is 3. The Hall–Kier alpha value is -2.07. The van der Waals surface area contributed by atoms with Gasteiger partial charge in [-0.15, -0.1) is 11.8 Å². The van der Waals surface area contributed by atoms with Gasteiger partial charge in [0.05, 0.1) is 0 Å². The highest BCUT2D eigenvalue weighted by Gasteiger charge is 2.52. The minimum absolute atomic E-state index is 0.131. The van der Waals surface area contributed by atoms with E-state index in [0.717, 1.165) is 11.8 Å². The van der Waals surface area contributed by atoms with Gasteiger partial charge in [-0.1, -0.05) is 0 Å². The third kappa shape index (κ3) is 2.59. The van der Waals surface area contributed by atoms with Gasteiger partial charge in [-0.25, -0.2) is 4.79 Å². The molecule has 10 heteroatoms. The van der Waals surface area contributed by atoms with Crippen molar-refractivity contribution in [2.45, 2.75) is 24.6 Å². The second kappa shape index (κ2) is 5.74. The predicted octanol–water partition coefficient (Wildman–Crippen LogP) is -1.80. The maximum Gasteiger partial charge on any atom is 0.352 e. The second-order valence-corrected chi connectivity index (χ2v) is 5.49. The molecule has 2 heterocycles. The van der Waals surface area contributed by atoms with Crippen molar-refractivity contribution in [2.75, 3.05) is 5.75 Å². The first-order valence-electron chi connectivity index (χ1n) is 5.92. The molecule has 0 saturated carbocycles. The number of carboxylic acids is 1. The zero-order valence-electron chi connectivity index (χ0n) is 10.9. The van der Waals surface area contributed by atoms with Crippen LogP contribution in [0.5, 0.6) is 0 Å². The Balaban J connectivity index is 2.41. The maximum atomic E-state index is 11.8. The SMILES string of the molecule is CC(=O)OC(NC=O)C1=C(C(=O)O)N2C(=O)[C@H](N)[C@H]2SC1. The number of fused-ring (bicyclic) bond motifs is 1. The fourth-order valence-electron chi connectivity index (χ4n) is 2.17.